The molecule has 3 aromatic rings. The third-order valence-corrected chi connectivity index (χ3v) is 13.4. The summed E-state index contributed by atoms with van der Waals surface area (Å²) in [7, 11) is -9.54. The molecule has 0 unspecified atom stereocenters. The van der Waals surface area contributed by atoms with Crippen LogP contribution in [0.4, 0.5) is 0 Å². The van der Waals surface area contributed by atoms with Crippen molar-refractivity contribution in [2.24, 2.45) is 0 Å². The maximum Gasteiger partial charge on any atom is 0.478 e. The summed E-state index contributed by atoms with van der Waals surface area (Å²) in [6.45, 7) is 12.4. The first-order chi connectivity index (χ1) is 17.5. The van der Waals surface area contributed by atoms with Crippen LogP contribution in [0.15, 0.2) is 91.0 Å². The van der Waals surface area contributed by atoms with E-state index in [4.69, 9.17) is 26.1 Å². The van der Waals surface area contributed by atoms with Gasteiger partial charge < -0.3 is 26.1 Å². The summed E-state index contributed by atoms with van der Waals surface area (Å²) < 4.78 is 41.8. The highest BCUT2D eigenvalue weighted by atomic mass is 28.4. The van der Waals surface area contributed by atoms with Crippen LogP contribution in [-0.2, 0) is 26.1 Å². The van der Waals surface area contributed by atoms with Gasteiger partial charge in [0.1, 0.15) is 0 Å². The average Bonchev–Trinajstić information content (AvgIpc) is 2.84. The van der Waals surface area contributed by atoms with Crippen molar-refractivity contribution in [3.63, 3.8) is 0 Å². The number of rotatable bonds is 3. The van der Waals surface area contributed by atoms with Crippen LogP contribution < -0.4 is 16.4 Å². The van der Waals surface area contributed by atoms with Gasteiger partial charge in [-0.1, -0.05) is 133 Å². The van der Waals surface area contributed by atoms with Gasteiger partial charge in [0.2, 0.25) is 0 Å². The van der Waals surface area contributed by atoms with Crippen molar-refractivity contribution in [2.75, 3.05) is 0 Å². The first-order valence-electron chi connectivity index (χ1n) is 12.7. The van der Waals surface area contributed by atoms with Crippen molar-refractivity contribution in [3.05, 3.63) is 91.0 Å². The molecule has 3 fully saturated rings. The Kier molecular flexibility index (Phi) is 7.19. The Morgan fingerprint density at radius 2 is 0.622 bits per heavy atom. The summed E-state index contributed by atoms with van der Waals surface area (Å²) in [5, 5.41) is -1.06. The summed E-state index contributed by atoms with van der Waals surface area (Å²) in [4.78, 5) is 0. The van der Waals surface area contributed by atoms with Crippen molar-refractivity contribution < 1.29 is 26.1 Å². The maximum absolute atomic E-state index is 6.97. The van der Waals surface area contributed by atoms with E-state index in [0.717, 1.165) is 16.4 Å². The molecule has 37 heavy (non-hydrogen) atoms. The van der Waals surface area contributed by atoms with Crippen LogP contribution in [0, 0.1) is 0 Å². The molecule has 3 saturated heterocycles. The highest BCUT2D eigenvalue weighted by molar-refractivity contribution is 6.95. The van der Waals surface area contributed by atoms with E-state index in [0.29, 0.717) is 0 Å². The number of hydrogen-bond donors (Lipinski definition) is 0. The van der Waals surface area contributed by atoms with E-state index in [1.165, 1.54) is 0 Å². The molecular formula is C26H33B3O6Si2. The monoisotopic (exact) mass is 530 g/mol. The molecule has 3 aromatic carbocycles. The van der Waals surface area contributed by atoms with Crippen LogP contribution in [0.3, 0.4) is 0 Å². The minimum atomic E-state index is -3.61. The average molecular weight is 530 g/mol. The molecular weight excluding hydrogens is 497 g/mol. The highest BCUT2D eigenvalue weighted by Gasteiger charge is 2.69. The van der Waals surface area contributed by atoms with Crippen LogP contribution in [0.25, 0.3) is 0 Å². The lowest BCUT2D eigenvalue weighted by Crippen LogP contribution is -2.77. The Morgan fingerprint density at radius 1 is 0.405 bits per heavy atom. The standard InChI is InChI=1S/C26H33B3O6Si2/c1-25(2,3)36-30-27(22-16-10-7-11-17-22)33-37(26(4,5)6,34-28(31-36)23-18-12-8-13-19-23)35-29(32-36)24-20-14-9-15-21-24/h7-21H,1-6H3. The Balaban J connectivity index is 1.73. The molecule has 0 spiro atoms. The number of benzene rings is 3. The molecule has 0 aromatic heterocycles. The van der Waals surface area contributed by atoms with Crippen LogP contribution in [0.2, 0.25) is 10.1 Å². The van der Waals surface area contributed by atoms with Gasteiger partial charge in [-0.2, -0.15) is 0 Å². The Bertz CT molecular complexity index is 1030. The minimum absolute atomic E-state index is 0.531. The predicted molar refractivity (Wildman–Crippen MR) is 153 cm³/mol. The highest BCUT2D eigenvalue weighted by Crippen LogP contribution is 2.47. The molecule has 6 rings (SSSR count). The maximum atomic E-state index is 6.97. The molecule has 0 aliphatic carbocycles. The van der Waals surface area contributed by atoms with Crippen molar-refractivity contribution in [3.8, 4) is 0 Å². The van der Waals surface area contributed by atoms with E-state index in [1.54, 1.807) is 0 Å². The van der Waals surface area contributed by atoms with E-state index >= 15 is 0 Å². The quantitative estimate of drug-likeness (QED) is 0.481. The Morgan fingerprint density at radius 3 is 0.811 bits per heavy atom. The van der Waals surface area contributed by atoms with Crippen molar-refractivity contribution in [1.29, 1.82) is 0 Å². The van der Waals surface area contributed by atoms with Gasteiger partial charge in [-0.3, -0.25) is 0 Å². The number of fused-ring (bicyclic) bond motifs is 6. The second-order valence-corrected chi connectivity index (χ2v) is 18.2. The zero-order valence-corrected chi connectivity index (χ0v) is 24.3. The molecule has 3 aliphatic heterocycles. The van der Waals surface area contributed by atoms with Gasteiger partial charge in [0.15, 0.2) is 0 Å². The fourth-order valence-electron chi connectivity index (χ4n) is 4.38. The van der Waals surface area contributed by atoms with Crippen LogP contribution in [0.5, 0.6) is 0 Å². The Labute approximate surface area is 223 Å². The zero-order chi connectivity index (χ0) is 26.3. The van der Waals surface area contributed by atoms with Crippen molar-refractivity contribution >= 4 is 55.4 Å². The van der Waals surface area contributed by atoms with Crippen LogP contribution in [0.1, 0.15) is 41.5 Å². The van der Waals surface area contributed by atoms with E-state index < -0.39 is 49.0 Å². The van der Waals surface area contributed by atoms with Crippen molar-refractivity contribution in [2.45, 2.75) is 51.6 Å². The normalized spacial score (nSPS) is 25.0. The lowest BCUT2D eigenvalue weighted by atomic mass is 9.80. The largest absolute Gasteiger partial charge is 0.478 e. The molecule has 190 valence electrons. The summed E-state index contributed by atoms with van der Waals surface area (Å²) in [6, 6.07) is 29.6. The first kappa shape index (κ1) is 26.6. The number of hydrogen-bond acceptors (Lipinski definition) is 6. The van der Waals surface area contributed by atoms with E-state index in [2.05, 4.69) is 41.5 Å². The molecule has 0 amide bonds. The van der Waals surface area contributed by atoms with Crippen molar-refractivity contribution in [1.82, 2.24) is 0 Å². The van der Waals surface area contributed by atoms with Gasteiger partial charge in [0.05, 0.1) is 0 Å². The SMILES string of the molecule is CC(C)(C)[Si]12OB(c3ccccc3)O[Si](C(C)(C)C)(OB(c3ccccc3)O1)OB(c1ccccc1)O2. The van der Waals surface area contributed by atoms with Gasteiger partial charge in [0.25, 0.3) is 0 Å². The molecule has 6 nitrogen and oxygen atoms in total. The fraction of sp³-hybridized carbons (Fsp3) is 0.308. The molecule has 3 aliphatic rings. The zero-order valence-electron chi connectivity index (χ0n) is 22.3. The summed E-state index contributed by atoms with van der Waals surface area (Å²) in [6.07, 6.45) is 0. The van der Waals surface area contributed by atoms with Gasteiger partial charge in [-0.15, -0.1) is 0 Å². The molecule has 11 heteroatoms. The minimum Gasteiger partial charge on any atom is -0.409 e. The third-order valence-electron chi connectivity index (χ3n) is 6.63. The molecule has 0 saturated carbocycles. The topological polar surface area (TPSA) is 55.4 Å². The predicted octanol–water partition coefficient (Wildman–Crippen LogP) is 3.78. The second-order valence-electron chi connectivity index (χ2n) is 11.5. The van der Waals surface area contributed by atoms with Gasteiger partial charge in [-0.25, -0.2) is 0 Å². The lowest BCUT2D eigenvalue weighted by Gasteiger charge is -2.54. The molecule has 2 bridgehead atoms. The van der Waals surface area contributed by atoms with Crippen LogP contribution >= 0.6 is 0 Å². The van der Waals surface area contributed by atoms with Gasteiger partial charge in [0, 0.05) is 10.1 Å². The van der Waals surface area contributed by atoms with E-state index in [-0.39, 0.29) is 0 Å². The first-order valence-corrected chi connectivity index (χ1v) is 16.2. The molecule has 3 heterocycles. The summed E-state index contributed by atoms with van der Waals surface area (Å²) >= 11 is 0. The lowest BCUT2D eigenvalue weighted by molar-refractivity contribution is 0.104. The summed E-state index contributed by atoms with van der Waals surface area (Å²) in [5.41, 5.74) is 2.58. The van der Waals surface area contributed by atoms with Gasteiger partial charge in [-0.05, 0) is 16.4 Å². The van der Waals surface area contributed by atoms with E-state index in [1.807, 2.05) is 91.0 Å². The molecule has 0 N–H and O–H groups in total. The second kappa shape index (κ2) is 9.98. The fourth-order valence-corrected chi connectivity index (χ4v) is 9.92. The smallest absolute Gasteiger partial charge is 0.409 e. The summed E-state index contributed by atoms with van der Waals surface area (Å²) in [5.74, 6) is 0. The molecule has 0 radical (unpaired) electrons. The third kappa shape index (κ3) is 5.19. The van der Waals surface area contributed by atoms with Gasteiger partial charge >= 0.3 is 39.0 Å². The Hall–Kier alpha value is -1.95. The van der Waals surface area contributed by atoms with Crippen LogP contribution in [-0.4, -0.2) is 39.0 Å². The molecule has 0 atom stereocenters. The van der Waals surface area contributed by atoms with E-state index in [9.17, 15) is 0 Å².